The van der Waals surface area contributed by atoms with Gasteiger partial charge in [0.1, 0.15) is 0 Å². The molecule has 0 saturated carbocycles. The summed E-state index contributed by atoms with van der Waals surface area (Å²) >= 11 is 0. The molecule has 0 unspecified atom stereocenters. The normalized spacial score (nSPS) is 22.5. The van der Waals surface area contributed by atoms with Gasteiger partial charge in [0.2, 0.25) is 5.89 Å². The molecule has 0 amide bonds. The lowest BCUT2D eigenvalue weighted by Crippen LogP contribution is -2.34. The summed E-state index contributed by atoms with van der Waals surface area (Å²) in [6.07, 6.45) is 4.80. The maximum Gasteiger partial charge on any atom is 0.240 e. The van der Waals surface area contributed by atoms with Gasteiger partial charge in [-0.2, -0.15) is 4.98 Å². The summed E-state index contributed by atoms with van der Waals surface area (Å²) in [5.41, 5.74) is 0. The number of aromatic nitrogens is 2. The first-order valence-electron chi connectivity index (χ1n) is 6.35. The third-order valence-corrected chi connectivity index (χ3v) is 3.37. The van der Waals surface area contributed by atoms with Gasteiger partial charge in [-0.15, -0.1) is 0 Å². The number of nitrogens with zero attached hydrogens (tertiary/aromatic N) is 3. The molecule has 1 aliphatic heterocycles. The topological polar surface area (TPSA) is 42.2 Å². The molecule has 2 rings (SSSR count). The summed E-state index contributed by atoms with van der Waals surface area (Å²) in [5, 5.41) is 3.93. The molecule has 16 heavy (non-hydrogen) atoms. The number of hydrogen-bond donors (Lipinski definition) is 0. The number of likely N-dealkylation sites (tertiary alicyclic amines) is 1. The van der Waals surface area contributed by atoms with E-state index >= 15 is 0 Å². The maximum absolute atomic E-state index is 5.22. The summed E-state index contributed by atoms with van der Waals surface area (Å²) in [6.45, 7) is 7.49. The predicted molar refractivity (Wildman–Crippen MR) is 62.0 cm³/mol. The molecule has 0 aliphatic carbocycles. The third-order valence-electron chi connectivity index (χ3n) is 3.37. The summed E-state index contributed by atoms with van der Waals surface area (Å²) in [6, 6.07) is 0. The van der Waals surface area contributed by atoms with Crippen molar-refractivity contribution in [3.05, 3.63) is 11.7 Å². The van der Waals surface area contributed by atoms with E-state index in [1.807, 2.05) is 6.92 Å². The molecule has 0 spiro atoms. The number of rotatable bonds is 4. The van der Waals surface area contributed by atoms with Crippen molar-refractivity contribution in [1.29, 1.82) is 0 Å². The molecule has 1 atom stereocenters. The molecule has 4 nitrogen and oxygen atoms in total. The first-order chi connectivity index (χ1) is 7.81. The lowest BCUT2D eigenvalue weighted by atomic mass is 9.96. The third kappa shape index (κ3) is 2.82. The van der Waals surface area contributed by atoms with Crippen LogP contribution in [0.5, 0.6) is 0 Å². The molecule has 0 aromatic carbocycles. The van der Waals surface area contributed by atoms with E-state index in [-0.39, 0.29) is 0 Å². The Labute approximate surface area is 97.0 Å². The summed E-state index contributed by atoms with van der Waals surface area (Å²) in [5.74, 6) is 2.44. The Morgan fingerprint density at radius 1 is 1.44 bits per heavy atom. The molecular formula is C12H21N3O. The van der Waals surface area contributed by atoms with Crippen LogP contribution in [0.4, 0.5) is 0 Å². The molecule has 0 radical (unpaired) electrons. The van der Waals surface area contributed by atoms with Crippen molar-refractivity contribution in [3.63, 3.8) is 0 Å². The Hall–Kier alpha value is -0.900. The number of aryl methyl sites for hydroxylation is 1. The Morgan fingerprint density at radius 3 is 3.00 bits per heavy atom. The molecule has 0 bridgehead atoms. The van der Waals surface area contributed by atoms with Gasteiger partial charge in [0.25, 0.3) is 0 Å². The fourth-order valence-electron chi connectivity index (χ4n) is 2.32. The van der Waals surface area contributed by atoms with Gasteiger partial charge < -0.3 is 4.52 Å². The maximum atomic E-state index is 5.22. The first-order valence-corrected chi connectivity index (χ1v) is 6.35. The number of piperidine rings is 1. The average molecular weight is 223 g/mol. The highest BCUT2D eigenvalue weighted by atomic mass is 16.5. The van der Waals surface area contributed by atoms with Crippen molar-refractivity contribution < 1.29 is 4.52 Å². The van der Waals surface area contributed by atoms with Crippen LogP contribution < -0.4 is 0 Å². The fraction of sp³-hybridized carbons (Fsp3) is 0.833. The predicted octanol–water partition coefficient (Wildman–Crippen LogP) is 2.25. The second kappa shape index (κ2) is 5.43. The molecule has 1 aromatic rings. The van der Waals surface area contributed by atoms with Gasteiger partial charge >= 0.3 is 0 Å². The van der Waals surface area contributed by atoms with E-state index in [0.29, 0.717) is 0 Å². The van der Waals surface area contributed by atoms with Crippen molar-refractivity contribution in [3.8, 4) is 0 Å². The van der Waals surface area contributed by atoms with Crippen LogP contribution in [0.25, 0.3) is 0 Å². The van der Waals surface area contributed by atoms with E-state index in [2.05, 4.69) is 22.0 Å². The highest BCUT2D eigenvalue weighted by molar-refractivity contribution is 4.86. The first kappa shape index (κ1) is 11.6. The SMILES string of the molecule is CCc1noc(CN2CCC[C@@H](CC)C2)n1. The molecular weight excluding hydrogens is 202 g/mol. The van der Waals surface area contributed by atoms with Crippen molar-refractivity contribution in [2.24, 2.45) is 5.92 Å². The van der Waals surface area contributed by atoms with Crippen LogP contribution in [0.3, 0.4) is 0 Å². The van der Waals surface area contributed by atoms with E-state index in [1.165, 1.54) is 32.4 Å². The quantitative estimate of drug-likeness (QED) is 0.785. The lowest BCUT2D eigenvalue weighted by molar-refractivity contribution is 0.148. The zero-order valence-electron chi connectivity index (χ0n) is 10.3. The van der Waals surface area contributed by atoms with Crippen LogP contribution >= 0.6 is 0 Å². The van der Waals surface area contributed by atoms with Gasteiger partial charge in [0.15, 0.2) is 5.82 Å². The Balaban J connectivity index is 1.88. The molecule has 1 fully saturated rings. The minimum Gasteiger partial charge on any atom is -0.338 e. The van der Waals surface area contributed by atoms with Gasteiger partial charge in [-0.3, -0.25) is 4.90 Å². The van der Waals surface area contributed by atoms with E-state index in [1.54, 1.807) is 0 Å². The highest BCUT2D eigenvalue weighted by Gasteiger charge is 2.20. The van der Waals surface area contributed by atoms with Crippen molar-refractivity contribution in [1.82, 2.24) is 15.0 Å². The second-order valence-electron chi connectivity index (χ2n) is 4.61. The van der Waals surface area contributed by atoms with Gasteiger partial charge in [-0.1, -0.05) is 25.4 Å². The van der Waals surface area contributed by atoms with Gasteiger partial charge in [0, 0.05) is 13.0 Å². The van der Waals surface area contributed by atoms with Crippen molar-refractivity contribution >= 4 is 0 Å². The minimum atomic E-state index is 0.772. The Kier molecular flexibility index (Phi) is 3.93. The molecule has 1 saturated heterocycles. The van der Waals surface area contributed by atoms with Crippen molar-refractivity contribution in [2.75, 3.05) is 13.1 Å². The van der Waals surface area contributed by atoms with Gasteiger partial charge in [-0.05, 0) is 25.3 Å². The minimum absolute atomic E-state index is 0.772. The van der Waals surface area contributed by atoms with Gasteiger partial charge in [0.05, 0.1) is 6.54 Å². The average Bonchev–Trinajstić information content (AvgIpc) is 2.77. The standard InChI is InChI=1S/C12H21N3O/c1-3-10-6-5-7-15(8-10)9-12-13-11(4-2)14-16-12/h10H,3-9H2,1-2H3/t10-/m1/s1. The smallest absolute Gasteiger partial charge is 0.240 e. The van der Waals surface area contributed by atoms with E-state index in [0.717, 1.165) is 30.6 Å². The Morgan fingerprint density at radius 2 is 2.31 bits per heavy atom. The fourth-order valence-corrected chi connectivity index (χ4v) is 2.32. The molecule has 4 heteroatoms. The van der Waals surface area contributed by atoms with Crippen LogP contribution in [-0.4, -0.2) is 28.1 Å². The summed E-state index contributed by atoms with van der Waals surface area (Å²) < 4.78 is 5.22. The highest BCUT2D eigenvalue weighted by Crippen LogP contribution is 2.20. The molecule has 1 aromatic heterocycles. The van der Waals surface area contributed by atoms with Crippen molar-refractivity contribution in [2.45, 2.75) is 46.1 Å². The van der Waals surface area contributed by atoms with Crippen LogP contribution in [0.15, 0.2) is 4.52 Å². The van der Waals surface area contributed by atoms with Crippen LogP contribution in [0.2, 0.25) is 0 Å². The van der Waals surface area contributed by atoms with E-state index < -0.39 is 0 Å². The van der Waals surface area contributed by atoms with Crippen LogP contribution in [-0.2, 0) is 13.0 Å². The zero-order chi connectivity index (χ0) is 11.4. The number of hydrogen-bond acceptors (Lipinski definition) is 4. The molecule has 0 N–H and O–H groups in total. The molecule has 1 aliphatic rings. The lowest BCUT2D eigenvalue weighted by Gasteiger charge is -2.30. The van der Waals surface area contributed by atoms with E-state index in [9.17, 15) is 0 Å². The van der Waals surface area contributed by atoms with Gasteiger partial charge in [-0.25, -0.2) is 0 Å². The summed E-state index contributed by atoms with van der Waals surface area (Å²) in [4.78, 5) is 6.79. The molecule has 2 heterocycles. The van der Waals surface area contributed by atoms with Crippen LogP contribution in [0.1, 0.15) is 44.8 Å². The Bertz CT molecular complexity index is 324. The zero-order valence-corrected chi connectivity index (χ0v) is 10.3. The monoisotopic (exact) mass is 223 g/mol. The second-order valence-corrected chi connectivity index (χ2v) is 4.61. The largest absolute Gasteiger partial charge is 0.338 e. The molecule has 90 valence electrons. The van der Waals surface area contributed by atoms with Crippen LogP contribution in [0, 0.1) is 5.92 Å². The van der Waals surface area contributed by atoms with E-state index in [4.69, 9.17) is 4.52 Å². The summed E-state index contributed by atoms with van der Waals surface area (Å²) in [7, 11) is 0.